The molecule has 80 valence electrons. The highest BCUT2D eigenvalue weighted by atomic mass is 35.5. The third-order valence-electron chi connectivity index (χ3n) is 1.59. The molecule has 0 aliphatic heterocycles. The number of nitrogens with one attached hydrogen (secondary N) is 2. The average Bonchev–Trinajstić information content (AvgIpc) is 2.22. The minimum Gasteiger partial charge on any atom is -0.364 e. The Kier molecular flexibility index (Phi) is 4.45. The summed E-state index contributed by atoms with van der Waals surface area (Å²) in [6, 6.07) is 4.42. The summed E-state index contributed by atoms with van der Waals surface area (Å²) in [6.07, 6.45) is 1.28. The second-order valence-electron chi connectivity index (χ2n) is 2.58. The number of nitrogens with zero attached hydrogens (tertiary/aromatic N) is 1. The molecule has 0 aliphatic carbocycles. The zero-order valence-corrected chi connectivity index (χ0v) is 9.49. The van der Waals surface area contributed by atoms with Crippen LogP contribution in [0, 0.1) is 5.82 Å². The molecule has 0 aliphatic rings. The maximum absolute atomic E-state index is 13.2. The van der Waals surface area contributed by atoms with Crippen LogP contribution in [0.1, 0.15) is 5.56 Å². The van der Waals surface area contributed by atoms with Gasteiger partial charge in [0.25, 0.3) is 0 Å². The van der Waals surface area contributed by atoms with Gasteiger partial charge in [-0.2, -0.15) is 5.10 Å². The molecule has 0 spiro atoms. The lowest BCUT2D eigenvalue weighted by molar-refractivity contribution is 0.626. The van der Waals surface area contributed by atoms with E-state index in [4.69, 9.17) is 23.8 Å². The number of thiocarbonyl (C=S) groups is 1. The molecule has 0 saturated carbocycles. The van der Waals surface area contributed by atoms with Crippen molar-refractivity contribution in [1.82, 2.24) is 10.7 Å². The topological polar surface area (TPSA) is 36.4 Å². The van der Waals surface area contributed by atoms with Gasteiger partial charge in [-0.05, 0) is 24.4 Å². The zero-order chi connectivity index (χ0) is 11.3. The minimum absolute atomic E-state index is 0.227. The van der Waals surface area contributed by atoms with Crippen molar-refractivity contribution in [3.05, 3.63) is 34.6 Å². The molecule has 0 bridgehead atoms. The van der Waals surface area contributed by atoms with Crippen LogP contribution in [-0.2, 0) is 0 Å². The van der Waals surface area contributed by atoms with E-state index in [9.17, 15) is 4.39 Å². The molecule has 0 heterocycles. The van der Waals surface area contributed by atoms with Gasteiger partial charge in [0.15, 0.2) is 5.11 Å². The Labute approximate surface area is 97.3 Å². The van der Waals surface area contributed by atoms with E-state index in [1.54, 1.807) is 13.1 Å². The molecular formula is C9H9ClFN3S. The monoisotopic (exact) mass is 245 g/mol. The predicted octanol–water partition coefficient (Wildman–Crippen LogP) is 1.91. The normalized spacial score (nSPS) is 10.3. The molecule has 0 fully saturated rings. The van der Waals surface area contributed by atoms with Crippen molar-refractivity contribution in [2.24, 2.45) is 5.10 Å². The van der Waals surface area contributed by atoms with Crippen LogP contribution in [0.25, 0.3) is 0 Å². The van der Waals surface area contributed by atoms with Gasteiger partial charge in [-0.15, -0.1) is 0 Å². The van der Waals surface area contributed by atoms with E-state index in [-0.39, 0.29) is 5.56 Å². The number of hydrazone groups is 1. The van der Waals surface area contributed by atoms with Crippen LogP contribution in [0.2, 0.25) is 5.02 Å². The lowest BCUT2D eigenvalue weighted by atomic mass is 10.2. The first kappa shape index (κ1) is 11.9. The molecule has 3 nitrogen and oxygen atoms in total. The van der Waals surface area contributed by atoms with Gasteiger partial charge in [-0.3, -0.25) is 5.43 Å². The van der Waals surface area contributed by atoms with Gasteiger partial charge in [0, 0.05) is 12.6 Å². The fraction of sp³-hybridized carbons (Fsp3) is 0.111. The van der Waals surface area contributed by atoms with E-state index >= 15 is 0 Å². The van der Waals surface area contributed by atoms with Crippen molar-refractivity contribution in [1.29, 1.82) is 0 Å². The van der Waals surface area contributed by atoms with Gasteiger partial charge in [0.2, 0.25) is 0 Å². The summed E-state index contributed by atoms with van der Waals surface area (Å²) in [5.41, 5.74) is 2.73. The van der Waals surface area contributed by atoms with Crippen LogP contribution in [0.3, 0.4) is 0 Å². The fourth-order valence-electron chi connectivity index (χ4n) is 0.845. The molecule has 1 aromatic carbocycles. The largest absolute Gasteiger partial charge is 0.364 e. The molecule has 0 atom stereocenters. The smallest absolute Gasteiger partial charge is 0.186 e. The minimum atomic E-state index is -0.427. The highest BCUT2D eigenvalue weighted by Gasteiger charge is 2.03. The molecule has 6 heteroatoms. The van der Waals surface area contributed by atoms with Crippen LogP contribution in [-0.4, -0.2) is 18.4 Å². The zero-order valence-electron chi connectivity index (χ0n) is 7.92. The van der Waals surface area contributed by atoms with E-state index in [0.29, 0.717) is 10.1 Å². The van der Waals surface area contributed by atoms with Crippen molar-refractivity contribution < 1.29 is 4.39 Å². The molecule has 1 rings (SSSR count). The first-order valence-corrected chi connectivity index (χ1v) is 4.88. The van der Waals surface area contributed by atoms with Crippen molar-refractivity contribution in [2.45, 2.75) is 0 Å². The Morgan fingerprint density at radius 1 is 1.60 bits per heavy atom. The first-order valence-electron chi connectivity index (χ1n) is 4.10. The SMILES string of the molecule is CNC(=S)N/N=C\c1c(F)cccc1Cl. The van der Waals surface area contributed by atoms with E-state index in [1.807, 2.05) is 0 Å². The Bertz CT molecular complexity index is 375. The Balaban J connectivity index is 2.76. The average molecular weight is 246 g/mol. The van der Waals surface area contributed by atoms with Gasteiger partial charge in [0.1, 0.15) is 5.82 Å². The maximum Gasteiger partial charge on any atom is 0.186 e. The highest BCUT2D eigenvalue weighted by Crippen LogP contribution is 2.16. The van der Waals surface area contributed by atoms with E-state index < -0.39 is 5.82 Å². The van der Waals surface area contributed by atoms with Gasteiger partial charge in [-0.25, -0.2) is 4.39 Å². The van der Waals surface area contributed by atoms with Crippen LogP contribution in [0.5, 0.6) is 0 Å². The van der Waals surface area contributed by atoms with Gasteiger partial charge in [0.05, 0.1) is 11.2 Å². The Hall–Kier alpha value is -1.20. The Morgan fingerprint density at radius 3 is 2.93 bits per heavy atom. The van der Waals surface area contributed by atoms with Crippen LogP contribution in [0.15, 0.2) is 23.3 Å². The van der Waals surface area contributed by atoms with Crippen LogP contribution < -0.4 is 10.7 Å². The summed E-state index contributed by atoms with van der Waals surface area (Å²) in [4.78, 5) is 0. The highest BCUT2D eigenvalue weighted by molar-refractivity contribution is 7.80. The molecule has 0 saturated heterocycles. The molecule has 15 heavy (non-hydrogen) atoms. The Morgan fingerprint density at radius 2 is 2.33 bits per heavy atom. The second kappa shape index (κ2) is 5.63. The number of benzene rings is 1. The third-order valence-corrected chi connectivity index (χ3v) is 2.21. The molecule has 1 aromatic rings. The standard InChI is InChI=1S/C9H9ClFN3S/c1-12-9(15)14-13-5-6-7(10)3-2-4-8(6)11/h2-5H,1H3,(H2,12,14,15)/b13-5-. The molecular weight excluding hydrogens is 237 g/mol. The van der Waals surface area contributed by atoms with Crippen LogP contribution >= 0.6 is 23.8 Å². The summed E-state index contributed by atoms with van der Waals surface area (Å²) in [5.74, 6) is -0.427. The molecule has 2 N–H and O–H groups in total. The summed E-state index contributed by atoms with van der Waals surface area (Å²) >= 11 is 10.5. The summed E-state index contributed by atoms with van der Waals surface area (Å²) in [6.45, 7) is 0. The molecule has 0 radical (unpaired) electrons. The lowest BCUT2D eigenvalue weighted by Crippen LogP contribution is -2.28. The summed E-state index contributed by atoms with van der Waals surface area (Å²) in [7, 11) is 1.65. The van der Waals surface area contributed by atoms with E-state index in [2.05, 4.69) is 15.8 Å². The van der Waals surface area contributed by atoms with Crippen molar-refractivity contribution in [2.75, 3.05) is 7.05 Å². The lowest BCUT2D eigenvalue weighted by Gasteiger charge is -2.01. The van der Waals surface area contributed by atoms with Gasteiger partial charge in [-0.1, -0.05) is 17.7 Å². The van der Waals surface area contributed by atoms with Crippen molar-refractivity contribution >= 4 is 35.1 Å². The van der Waals surface area contributed by atoms with E-state index in [1.165, 1.54) is 18.3 Å². The van der Waals surface area contributed by atoms with E-state index in [0.717, 1.165) is 0 Å². The second-order valence-corrected chi connectivity index (χ2v) is 3.40. The molecule has 0 unspecified atom stereocenters. The third kappa shape index (κ3) is 3.45. The number of hydrogen-bond acceptors (Lipinski definition) is 2. The van der Waals surface area contributed by atoms with Crippen molar-refractivity contribution in [3.63, 3.8) is 0 Å². The summed E-state index contributed by atoms with van der Waals surface area (Å²) in [5, 5.41) is 7.04. The number of hydrogen-bond donors (Lipinski definition) is 2. The number of rotatable bonds is 2. The van der Waals surface area contributed by atoms with Crippen molar-refractivity contribution in [3.8, 4) is 0 Å². The quantitative estimate of drug-likeness (QED) is 0.475. The fourth-order valence-corrected chi connectivity index (χ4v) is 1.11. The maximum atomic E-state index is 13.2. The summed E-state index contributed by atoms with van der Waals surface area (Å²) < 4.78 is 13.2. The number of halogens is 2. The predicted molar refractivity (Wildman–Crippen MR) is 63.8 cm³/mol. The van der Waals surface area contributed by atoms with Gasteiger partial charge < -0.3 is 5.32 Å². The molecule has 0 aromatic heterocycles. The molecule has 0 amide bonds. The van der Waals surface area contributed by atoms with Gasteiger partial charge >= 0.3 is 0 Å². The van der Waals surface area contributed by atoms with Crippen LogP contribution in [0.4, 0.5) is 4.39 Å². The first-order chi connectivity index (χ1) is 7.15.